The van der Waals surface area contributed by atoms with Crippen molar-refractivity contribution in [2.24, 2.45) is 5.92 Å². The van der Waals surface area contributed by atoms with E-state index in [1.807, 2.05) is 19.1 Å². The van der Waals surface area contributed by atoms with Gasteiger partial charge in [0.05, 0.1) is 4.88 Å². The fourth-order valence-electron chi connectivity index (χ4n) is 1.83. The Kier molecular flexibility index (Phi) is 4.67. The molecule has 2 heterocycles. The lowest BCUT2D eigenvalue weighted by Crippen LogP contribution is -2.36. The fraction of sp³-hybridized carbons (Fsp3) is 0.467. The summed E-state index contributed by atoms with van der Waals surface area (Å²) in [7, 11) is 0. The molecule has 0 bridgehead atoms. The Labute approximate surface area is 128 Å². The summed E-state index contributed by atoms with van der Waals surface area (Å²) in [6, 6.07) is 4.03. The Hall–Kier alpha value is -1.82. The molecule has 0 aromatic carbocycles. The van der Waals surface area contributed by atoms with Gasteiger partial charge >= 0.3 is 0 Å². The molecule has 0 saturated heterocycles. The summed E-state index contributed by atoms with van der Waals surface area (Å²) in [5.41, 5.74) is 6.63. The van der Waals surface area contributed by atoms with Crippen LogP contribution in [0.5, 0.6) is 0 Å². The Bertz CT molecular complexity index is 631. The number of aromatic nitrogens is 1. The molecule has 3 N–H and O–H groups in total. The number of nitrogen functional groups attached to an aromatic ring is 1. The number of amides is 1. The highest BCUT2D eigenvalue weighted by atomic mass is 32.1. The maximum atomic E-state index is 12.4. The van der Waals surface area contributed by atoms with Crippen molar-refractivity contribution in [3.63, 3.8) is 0 Å². The van der Waals surface area contributed by atoms with E-state index in [1.165, 1.54) is 4.88 Å². The van der Waals surface area contributed by atoms with Crippen molar-refractivity contribution in [1.82, 2.24) is 10.5 Å². The van der Waals surface area contributed by atoms with Crippen molar-refractivity contribution in [3.8, 4) is 10.6 Å². The van der Waals surface area contributed by atoms with E-state index in [0.717, 1.165) is 11.3 Å². The van der Waals surface area contributed by atoms with Gasteiger partial charge in [0.15, 0.2) is 0 Å². The summed E-state index contributed by atoms with van der Waals surface area (Å²) in [6.45, 7) is 8.15. The summed E-state index contributed by atoms with van der Waals surface area (Å²) >= 11 is 1.60. The number of rotatable bonds is 5. The van der Waals surface area contributed by atoms with Crippen LogP contribution >= 0.6 is 11.3 Å². The molecular formula is C15H21N3O2S. The van der Waals surface area contributed by atoms with Gasteiger partial charge in [-0.15, -0.1) is 11.3 Å². The van der Waals surface area contributed by atoms with E-state index in [4.69, 9.17) is 10.3 Å². The number of anilines is 1. The van der Waals surface area contributed by atoms with E-state index in [0.29, 0.717) is 17.2 Å². The van der Waals surface area contributed by atoms with Gasteiger partial charge < -0.3 is 15.6 Å². The second-order valence-corrected chi connectivity index (χ2v) is 6.56. The zero-order valence-electron chi connectivity index (χ0n) is 12.8. The quantitative estimate of drug-likeness (QED) is 0.888. The van der Waals surface area contributed by atoms with Crippen LogP contribution in [0.2, 0.25) is 0 Å². The van der Waals surface area contributed by atoms with Crippen LogP contribution in [0.4, 0.5) is 5.88 Å². The molecule has 0 aliphatic heterocycles. The number of nitrogens with zero attached hydrogens (tertiary/aromatic N) is 1. The first-order valence-corrected chi connectivity index (χ1v) is 7.90. The molecule has 5 nitrogen and oxygen atoms in total. The molecule has 2 aromatic heterocycles. The average molecular weight is 307 g/mol. The average Bonchev–Trinajstić information content (AvgIpc) is 3.04. The third-order valence-corrected chi connectivity index (χ3v) is 4.78. The number of nitrogens with one attached hydrogen (secondary N) is 1. The van der Waals surface area contributed by atoms with Gasteiger partial charge in [0.25, 0.3) is 5.91 Å². The Morgan fingerprint density at radius 3 is 2.71 bits per heavy atom. The molecule has 0 radical (unpaired) electrons. The predicted molar refractivity (Wildman–Crippen MR) is 85.4 cm³/mol. The van der Waals surface area contributed by atoms with Gasteiger partial charge in [-0.3, -0.25) is 4.79 Å². The molecule has 0 saturated carbocycles. The minimum absolute atomic E-state index is 0.0502. The number of carbonyl (C=O) groups excluding carboxylic acids is 1. The van der Waals surface area contributed by atoms with E-state index in [9.17, 15) is 4.79 Å². The molecule has 2 rings (SSSR count). The van der Waals surface area contributed by atoms with Crippen LogP contribution < -0.4 is 11.1 Å². The molecule has 114 valence electrons. The maximum Gasteiger partial charge on any atom is 0.259 e. The van der Waals surface area contributed by atoms with Crippen molar-refractivity contribution >= 4 is 23.1 Å². The minimum atomic E-state index is -0.239. The molecule has 2 aromatic rings. The van der Waals surface area contributed by atoms with Gasteiger partial charge in [0.2, 0.25) is 5.88 Å². The predicted octanol–water partition coefficient (Wildman–Crippen LogP) is 3.32. The van der Waals surface area contributed by atoms with E-state index in [2.05, 4.69) is 31.2 Å². The number of hydrogen-bond donors (Lipinski definition) is 2. The van der Waals surface area contributed by atoms with Crippen LogP contribution in [0.3, 0.4) is 0 Å². The van der Waals surface area contributed by atoms with E-state index in [1.54, 1.807) is 11.3 Å². The molecule has 0 aliphatic rings. The second-order valence-electron chi connectivity index (χ2n) is 5.40. The van der Waals surface area contributed by atoms with Crippen molar-refractivity contribution in [2.45, 2.75) is 40.2 Å². The molecule has 6 heteroatoms. The number of thiophene rings is 1. The second kappa shape index (κ2) is 6.30. The summed E-state index contributed by atoms with van der Waals surface area (Å²) < 4.78 is 5.03. The Balaban J connectivity index is 2.31. The molecule has 0 spiro atoms. The molecular weight excluding hydrogens is 286 g/mol. The third kappa shape index (κ3) is 3.26. The number of hydrogen-bond acceptors (Lipinski definition) is 5. The van der Waals surface area contributed by atoms with Crippen molar-refractivity contribution in [1.29, 1.82) is 0 Å². The first-order valence-electron chi connectivity index (χ1n) is 7.09. The van der Waals surface area contributed by atoms with Crippen LogP contribution in [0.25, 0.3) is 10.6 Å². The highest BCUT2D eigenvalue weighted by Crippen LogP contribution is 2.32. The first kappa shape index (κ1) is 15.6. The smallest absolute Gasteiger partial charge is 0.259 e. The standard InChI is InChI=1S/C15H21N3O2S/c1-5-10-6-7-11(21-10)13-12(14(16)20-18-13)15(19)17-9(4)8(2)3/h6-9H,5,16H2,1-4H3,(H,17,19). The van der Waals surface area contributed by atoms with E-state index in [-0.39, 0.29) is 17.8 Å². The third-order valence-electron chi connectivity index (χ3n) is 3.55. The van der Waals surface area contributed by atoms with Gasteiger partial charge in [-0.1, -0.05) is 25.9 Å². The van der Waals surface area contributed by atoms with Crippen LogP contribution in [0, 0.1) is 5.92 Å². The molecule has 1 atom stereocenters. The van der Waals surface area contributed by atoms with Crippen LogP contribution in [-0.4, -0.2) is 17.1 Å². The fourth-order valence-corrected chi connectivity index (χ4v) is 2.77. The number of aryl methyl sites for hydroxylation is 1. The molecule has 1 unspecified atom stereocenters. The lowest BCUT2D eigenvalue weighted by Gasteiger charge is -2.17. The van der Waals surface area contributed by atoms with Crippen LogP contribution in [0.1, 0.15) is 42.9 Å². The highest BCUT2D eigenvalue weighted by Gasteiger charge is 2.25. The van der Waals surface area contributed by atoms with Crippen molar-refractivity contribution < 1.29 is 9.32 Å². The highest BCUT2D eigenvalue weighted by molar-refractivity contribution is 7.15. The minimum Gasteiger partial charge on any atom is -0.367 e. The Morgan fingerprint density at radius 1 is 1.43 bits per heavy atom. The summed E-state index contributed by atoms with van der Waals surface area (Å²) in [6.07, 6.45) is 0.948. The van der Waals surface area contributed by atoms with Gasteiger partial charge in [-0.25, -0.2) is 0 Å². The lowest BCUT2D eigenvalue weighted by molar-refractivity contribution is 0.0931. The largest absolute Gasteiger partial charge is 0.367 e. The number of carbonyl (C=O) groups is 1. The molecule has 21 heavy (non-hydrogen) atoms. The van der Waals surface area contributed by atoms with E-state index >= 15 is 0 Å². The summed E-state index contributed by atoms with van der Waals surface area (Å²) in [5, 5.41) is 6.90. The zero-order chi connectivity index (χ0) is 15.6. The van der Waals surface area contributed by atoms with Gasteiger partial charge in [0, 0.05) is 10.9 Å². The SMILES string of the molecule is CCc1ccc(-c2noc(N)c2C(=O)NC(C)C(C)C)s1. The Morgan fingerprint density at radius 2 is 2.14 bits per heavy atom. The van der Waals surface area contributed by atoms with Gasteiger partial charge in [0.1, 0.15) is 11.3 Å². The maximum absolute atomic E-state index is 12.4. The molecule has 0 aliphatic carbocycles. The lowest BCUT2D eigenvalue weighted by atomic mass is 10.1. The zero-order valence-corrected chi connectivity index (χ0v) is 13.6. The number of nitrogens with two attached hydrogens (primary N) is 1. The van der Waals surface area contributed by atoms with Crippen LogP contribution in [0.15, 0.2) is 16.7 Å². The summed E-state index contributed by atoms with van der Waals surface area (Å²) in [4.78, 5) is 14.6. The van der Waals surface area contributed by atoms with Crippen molar-refractivity contribution in [2.75, 3.05) is 5.73 Å². The monoisotopic (exact) mass is 307 g/mol. The normalized spacial score (nSPS) is 12.6. The topological polar surface area (TPSA) is 81.2 Å². The summed E-state index contributed by atoms with van der Waals surface area (Å²) in [5.74, 6) is 0.160. The van der Waals surface area contributed by atoms with Gasteiger partial charge in [-0.2, -0.15) is 0 Å². The molecule has 1 amide bonds. The van der Waals surface area contributed by atoms with Gasteiger partial charge in [-0.05, 0) is 31.4 Å². The molecule has 0 fully saturated rings. The van der Waals surface area contributed by atoms with E-state index < -0.39 is 0 Å². The van der Waals surface area contributed by atoms with Crippen molar-refractivity contribution in [3.05, 3.63) is 22.6 Å². The first-order chi connectivity index (χ1) is 9.93. The van der Waals surface area contributed by atoms with Crippen LogP contribution in [-0.2, 0) is 6.42 Å².